The third kappa shape index (κ3) is 1.14. The summed E-state index contributed by atoms with van der Waals surface area (Å²) in [5, 5.41) is 0. The zero-order chi connectivity index (χ0) is 8.44. The van der Waals surface area contributed by atoms with E-state index in [4.69, 9.17) is 4.74 Å². The zero-order valence-electron chi connectivity index (χ0n) is 7.59. The molecule has 0 aliphatic carbocycles. The van der Waals surface area contributed by atoms with Crippen molar-refractivity contribution in [1.82, 2.24) is 4.90 Å². The van der Waals surface area contributed by atoms with Crippen molar-refractivity contribution in [3.8, 4) is 0 Å². The summed E-state index contributed by atoms with van der Waals surface area (Å²) < 4.78 is 5.34. The van der Waals surface area contributed by atoms with E-state index < -0.39 is 0 Å². The van der Waals surface area contributed by atoms with Gasteiger partial charge in [-0.05, 0) is 38.8 Å². The number of fused-ring (bicyclic) bond motifs is 1. The first kappa shape index (κ1) is 8.11. The average Bonchev–Trinajstić information content (AvgIpc) is 2.58. The van der Waals surface area contributed by atoms with E-state index in [2.05, 4.69) is 11.5 Å². The van der Waals surface area contributed by atoms with Gasteiger partial charge < -0.3 is 4.74 Å². The fraction of sp³-hybridized carbons (Fsp3) is 0.800. The van der Waals surface area contributed by atoms with E-state index in [9.17, 15) is 0 Å². The topological polar surface area (TPSA) is 12.5 Å². The Kier molecular flexibility index (Phi) is 2.09. The molecule has 0 aromatic rings. The molecule has 0 bridgehead atoms. The third-order valence-electron chi connectivity index (χ3n) is 3.28. The molecule has 2 aliphatic rings. The summed E-state index contributed by atoms with van der Waals surface area (Å²) in [5.74, 6) is 0. The molecule has 2 heteroatoms. The van der Waals surface area contributed by atoms with E-state index in [-0.39, 0.29) is 0 Å². The number of hydrogen-bond acceptors (Lipinski definition) is 2. The lowest BCUT2D eigenvalue weighted by atomic mass is 9.95. The van der Waals surface area contributed by atoms with Crippen LogP contribution in [-0.2, 0) is 4.74 Å². The highest BCUT2D eigenvalue weighted by atomic mass is 16.5. The summed E-state index contributed by atoms with van der Waals surface area (Å²) in [6, 6.07) is 0. The summed E-state index contributed by atoms with van der Waals surface area (Å²) in [4.78, 5) is 2.59. The number of ether oxygens (including phenoxy) is 1. The molecule has 0 spiro atoms. The van der Waals surface area contributed by atoms with Crippen LogP contribution in [0.15, 0.2) is 12.8 Å². The maximum absolute atomic E-state index is 5.34. The Morgan fingerprint density at radius 1 is 1.33 bits per heavy atom. The second-order valence-electron chi connectivity index (χ2n) is 3.90. The van der Waals surface area contributed by atoms with Gasteiger partial charge in [-0.1, -0.05) is 6.58 Å². The van der Waals surface area contributed by atoms with Crippen LogP contribution in [0.4, 0.5) is 0 Å². The fourth-order valence-corrected chi connectivity index (χ4v) is 2.67. The minimum absolute atomic E-state index is 0.397. The van der Waals surface area contributed by atoms with Crippen molar-refractivity contribution in [3.63, 3.8) is 0 Å². The smallest absolute Gasteiger partial charge is 0.106 e. The van der Waals surface area contributed by atoms with Crippen molar-refractivity contribution in [1.29, 1.82) is 0 Å². The standard InChI is InChI=1S/C10H17NO/c1-2-12-9-10-5-3-7-11(10)8-4-6-10/h2H,1,3-9H2. The van der Waals surface area contributed by atoms with Crippen LogP contribution < -0.4 is 0 Å². The molecule has 2 aliphatic heterocycles. The fourth-order valence-electron chi connectivity index (χ4n) is 2.67. The maximum Gasteiger partial charge on any atom is 0.106 e. The highest BCUT2D eigenvalue weighted by molar-refractivity contribution is 5.00. The predicted molar refractivity (Wildman–Crippen MR) is 48.9 cm³/mol. The molecule has 0 radical (unpaired) electrons. The molecule has 0 atom stereocenters. The molecular formula is C10H17NO. The molecule has 0 aromatic carbocycles. The van der Waals surface area contributed by atoms with Gasteiger partial charge in [-0.3, -0.25) is 4.90 Å². The molecular weight excluding hydrogens is 150 g/mol. The largest absolute Gasteiger partial charge is 0.500 e. The number of hydrogen-bond donors (Lipinski definition) is 0. The van der Waals surface area contributed by atoms with Gasteiger partial charge in [0.05, 0.1) is 11.8 Å². The van der Waals surface area contributed by atoms with E-state index in [0.29, 0.717) is 5.54 Å². The van der Waals surface area contributed by atoms with Gasteiger partial charge >= 0.3 is 0 Å². The van der Waals surface area contributed by atoms with Crippen molar-refractivity contribution in [2.75, 3.05) is 19.7 Å². The molecule has 2 saturated heterocycles. The van der Waals surface area contributed by atoms with Crippen LogP contribution in [0.5, 0.6) is 0 Å². The highest BCUT2D eigenvalue weighted by Crippen LogP contribution is 2.38. The van der Waals surface area contributed by atoms with Crippen molar-refractivity contribution >= 4 is 0 Å². The summed E-state index contributed by atoms with van der Waals surface area (Å²) in [5.41, 5.74) is 0.397. The van der Waals surface area contributed by atoms with Gasteiger partial charge in [-0.2, -0.15) is 0 Å². The van der Waals surface area contributed by atoms with Crippen LogP contribution in [0.2, 0.25) is 0 Å². The lowest BCUT2D eigenvalue weighted by Gasteiger charge is -2.30. The second kappa shape index (κ2) is 3.09. The summed E-state index contributed by atoms with van der Waals surface area (Å²) in [6.45, 7) is 7.01. The van der Waals surface area contributed by atoms with Gasteiger partial charge in [0.2, 0.25) is 0 Å². The molecule has 0 saturated carbocycles. The van der Waals surface area contributed by atoms with Crippen LogP contribution in [0, 0.1) is 0 Å². The summed E-state index contributed by atoms with van der Waals surface area (Å²) in [6.07, 6.45) is 6.91. The van der Waals surface area contributed by atoms with E-state index in [0.717, 1.165) is 6.61 Å². The van der Waals surface area contributed by atoms with Crippen LogP contribution in [-0.4, -0.2) is 30.1 Å². The van der Waals surface area contributed by atoms with E-state index >= 15 is 0 Å². The molecule has 2 fully saturated rings. The molecule has 0 unspecified atom stereocenters. The molecule has 68 valence electrons. The molecule has 2 nitrogen and oxygen atoms in total. The maximum atomic E-state index is 5.34. The SMILES string of the molecule is C=COCC12CCCN1CCC2. The first-order valence-electron chi connectivity index (χ1n) is 4.85. The van der Waals surface area contributed by atoms with E-state index in [1.54, 1.807) is 6.26 Å². The van der Waals surface area contributed by atoms with E-state index in [1.165, 1.54) is 38.8 Å². The third-order valence-corrected chi connectivity index (χ3v) is 3.28. The van der Waals surface area contributed by atoms with Crippen LogP contribution in [0.25, 0.3) is 0 Å². The van der Waals surface area contributed by atoms with Gasteiger partial charge in [0.1, 0.15) is 6.61 Å². The molecule has 12 heavy (non-hydrogen) atoms. The Bertz CT molecular complexity index is 169. The highest BCUT2D eigenvalue weighted by Gasteiger charge is 2.44. The normalized spacial score (nSPS) is 27.0. The van der Waals surface area contributed by atoms with Gasteiger partial charge in [-0.25, -0.2) is 0 Å². The molecule has 0 N–H and O–H groups in total. The van der Waals surface area contributed by atoms with Crippen molar-refractivity contribution in [2.45, 2.75) is 31.2 Å². The van der Waals surface area contributed by atoms with Gasteiger partial charge in [0.25, 0.3) is 0 Å². The Balaban J connectivity index is 2.01. The summed E-state index contributed by atoms with van der Waals surface area (Å²) >= 11 is 0. The van der Waals surface area contributed by atoms with Crippen molar-refractivity contribution in [2.24, 2.45) is 0 Å². The average molecular weight is 167 g/mol. The Morgan fingerprint density at radius 3 is 2.58 bits per heavy atom. The minimum Gasteiger partial charge on any atom is -0.500 e. The van der Waals surface area contributed by atoms with Crippen LogP contribution in [0.3, 0.4) is 0 Å². The van der Waals surface area contributed by atoms with Gasteiger partial charge in [0.15, 0.2) is 0 Å². The molecule has 0 amide bonds. The Morgan fingerprint density at radius 2 is 2.00 bits per heavy atom. The summed E-state index contributed by atoms with van der Waals surface area (Å²) in [7, 11) is 0. The number of nitrogens with zero attached hydrogens (tertiary/aromatic N) is 1. The quantitative estimate of drug-likeness (QED) is 0.594. The van der Waals surface area contributed by atoms with E-state index in [1.807, 2.05) is 0 Å². The first-order valence-corrected chi connectivity index (χ1v) is 4.85. The molecule has 2 heterocycles. The Labute approximate surface area is 74.2 Å². The lowest BCUT2D eigenvalue weighted by molar-refractivity contribution is 0.0876. The predicted octanol–water partition coefficient (Wildman–Crippen LogP) is 1.77. The zero-order valence-corrected chi connectivity index (χ0v) is 7.59. The Hall–Kier alpha value is -0.500. The second-order valence-corrected chi connectivity index (χ2v) is 3.90. The van der Waals surface area contributed by atoms with Crippen LogP contribution in [0.1, 0.15) is 25.7 Å². The molecule has 0 aromatic heterocycles. The lowest BCUT2D eigenvalue weighted by Crippen LogP contribution is -2.41. The monoisotopic (exact) mass is 167 g/mol. The van der Waals surface area contributed by atoms with Gasteiger partial charge in [0, 0.05) is 0 Å². The molecule has 2 rings (SSSR count). The van der Waals surface area contributed by atoms with Gasteiger partial charge in [-0.15, -0.1) is 0 Å². The van der Waals surface area contributed by atoms with Crippen molar-refractivity contribution in [3.05, 3.63) is 12.8 Å². The number of rotatable bonds is 3. The first-order chi connectivity index (χ1) is 5.87. The minimum atomic E-state index is 0.397. The van der Waals surface area contributed by atoms with Crippen LogP contribution >= 0.6 is 0 Å². The van der Waals surface area contributed by atoms with Crippen molar-refractivity contribution < 1.29 is 4.74 Å².